The lowest BCUT2D eigenvalue weighted by molar-refractivity contribution is 0.160. The van der Waals surface area contributed by atoms with E-state index >= 15 is 0 Å². The molecule has 0 aliphatic carbocycles. The van der Waals surface area contributed by atoms with Gasteiger partial charge in [0, 0.05) is 38.2 Å². The molecule has 1 N–H and O–H groups in total. The third-order valence-corrected chi connectivity index (χ3v) is 7.61. The fraction of sp³-hybridized carbons (Fsp3) is 0.519. The minimum atomic E-state index is 0.0784. The van der Waals surface area contributed by atoms with Gasteiger partial charge in [-0.3, -0.25) is 0 Å². The molecule has 0 amide bonds. The fourth-order valence-corrected chi connectivity index (χ4v) is 5.35. The van der Waals surface area contributed by atoms with Crippen molar-refractivity contribution in [3.05, 3.63) is 42.6 Å². The van der Waals surface area contributed by atoms with Crippen molar-refractivity contribution in [2.24, 2.45) is 5.92 Å². The summed E-state index contributed by atoms with van der Waals surface area (Å²) in [6, 6.07) is 12.5. The molecule has 35 heavy (non-hydrogen) atoms. The minimum absolute atomic E-state index is 0.0784. The third-order valence-electron chi connectivity index (χ3n) is 7.61. The molecule has 3 aliphatic rings. The average Bonchev–Trinajstić information content (AvgIpc) is 2.90. The highest BCUT2D eigenvalue weighted by Crippen LogP contribution is 2.33. The van der Waals surface area contributed by atoms with Crippen LogP contribution in [0, 0.1) is 5.92 Å². The number of para-hydroxylation sites is 1. The lowest BCUT2D eigenvalue weighted by Gasteiger charge is -2.40. The van der Waals surface area contributed by atoms with Crippen LogP contribution in [0.3, 0.4) is 0 Å². The molecule has 5 heterocycles. The largest absolute Gasteiger partial charge is 0.469 e. The topological polar surface area (TPSA) is 77.9 Å². The normalized spacial score (nSPS) is 19.7. The van der Waals surface area contributed by atoms with Crippen LogP contribution in [0.15, 0.2) is 42.6 Å². The van der Waals surface area contributed by atoms with E-state index in [2.05, 4.69) is 39.0 Å². The molecule has 3 fully saturated rings. The first-order valence-electron chi connectivity index (χ1n) is 13.0. The number of nitrogens with zero attached hydrogens (tertiary/aromatic N) is 6. The van der Waals surface area contributed by atoms with Gasteiger partial charge < -0.3 is 24.5 Å². The summed E-state index contributed by atoms with van der Waals surface area (Å²) in [7, 11) is 0. The molecule has 8 nitrogen and oxygen atoms in total. The molecule has 2 aromatic heterocycles. The molecule has 0 bridgehead atoms. The highest BCUT2D eigenvalue weighted by atomic mass is 16.5. The van der Waals surface area contributed by atoms with Gasteiger partial charge in [0.25, 0.3) is 0 Å². The summed E-state index contributed by atoms with van der Waals surface area (Å²) in [6.45, 7) is 5.66. The molecule has 3 aromatic rings. The van der Waals surface area contributed by atoms with E-state index in [4.69, 9.17) is 19.7 Å². The maximum atomic E-state index is 9.48. The average molecular weight is 475 g/mol. The number of hydrogen-bond donors (Lipinski definition) is 1. The molecule has 0 spiro atoms. The SMILES string of the molecule is OCC1CCN(c2ncc(N3CCCCC3)c(OC3CN(c4ccc5ccccc5n4)C3)n2)CC1. The van der Waals surface area contributed by atoms with Gasteiger partial charge in [-0.05, 0) is 56.2 Å². The second-order valence-corrected chi connectivity index (χ2v) is 10.0. The maximum absolute atomic E-state index is 9.48. The van der Waals surface area contributed by atoms with E-state index in [1.807, 2.05) is 18.3 Å². The molecule has 6 rings (SSSR count). The number of hydrogen-bond acceptors (Lipinski definition) is 8. The zero-order valence-corrected chi connectivity index (χ0v) is 20.2. The van der Waals surface area contributed by atoms with Gasteiger partial charge in [-0.2, -0.15) is 4.98 Å². The Kier molecular flexibility index (Phi) is 6.29. The summed E-state index contributed by atoms with van der Waals surface area (Å²) in [5, 5.41) is 10.6. The van der Waals surface area contributed by atoms with E-state index in [0.717, 1.165) is 80.5 Å². The standard InChI is InChI=1S/C27H34N6O2/c34-19-20-10-14-32(15-11-20)27-28-16-24(31-12-4-1-5-13-31)26(30-27)35-22-17-33(18-22)25-9-8-21-6-2-3-7-23(21)29-25/h2-3,6-9,16,20,22,34H,1,4-5,10-15,17-19H2. The number of aromatic nitrogens is 3. The Balaban J connectivity index is 1.18. The molecule has 0 unspecified atom stereocenters. The molecular formula is C27H34N6O2. The first kappa shape index (κ1) is 22.3. The fourth-order valence-electron chi connectivity index (χ4n) is 5.35. The van der Waals surface area contributed by atoms with Crippen LogP contribution < -0.4 is 19.4 Å². The number of aliphatic hydroxyl groups excluding tert-OH is 1. The van der Waals surface area contributed by atoms with Crippen molar-refractivity contribution in [2.45, 2.75) is 38.2 Å². The summed E-state index contributed by atoms with van der Waals surface area (Å²) >= 11 is 0. The van der Waals surface area contributed by atoms with Gasteiger partial charge in [0.05, 0.1) is 24.8 Å². The smallest absolute Gasteiger partial charge is 0.242 e. The van der Waals surface area contributed by atoms with Gasteiger partial charge in [0.15, 0.2) is 0 Å². The first-order chi connectivity index (χ1) is 17.3. The molecule has 3 saturated heterocycles. The molecular weight excluding hydrogens is 440 g/mol. The van der Waals surface area contributed by atoms with Crippen molar-refractivity contribution in [3.8, 4) is 5.88 Å². The Morgan fingerprint density at radius 2 is 1.66 bits per heavy atom. The zero-order valence-electron chi connectivity index (χ0n) is 20.2. The van der Waals surface area contributed by atoms with Gasteiger partial charge in [-0.15, -0.1) is 0 Å². The Hall–Kier alpha value is -3.13. The number of piperidine rings is 2. The van der Waals surface area contributed by atoms with Crippen LogP contribution in [-0.2, 0) is 0 Å². The van der Waals surface area contributed by atoms with Crippen molar-refractivity contribution in [1.29, 1.82) is 0 Å². The van der Waals surface area contributed by atoms with Crippen LogP contribution in [0.2, 0.25) is 0 Å². The lowest BCUT2D eigenvalue weighted by atomic mass is 9.98. The number of pyridine rings is 1. The summed E-state index contributed by atoms with van der Waals surface area (Å²) < 4.78 is 6.52. The number of benzene rings is 1. The van der Waals surface area contributed by atoms with Gasteiger partial charge in [0.2, 0.25) is 11.8 Å². The second kappa shape index (κ2) is 9.85. The summed E-state index contributed by atoms with van der Waals surface area (Å²) in [6.07, 6.45) is 7.65. The van der Waals surface area contributed by atoms with Crippen molar-refractivity contribution in [2.75, 3.05) is 60.6 Å². The van der Waals surface area contributed by atoms with Crippen LogP contribution in [0.5, 0.6) is 5.88 Å². The number of rotatable bonds is 6. The van der Waals surface area contributed by atoms with E-state index < -0.39 is 0 Å². The first-order valence-corrected chi connectivity index (χ1v) is 13.0. The molecule has 0 saturated carbocycles. The zero-order chi connectivity index (χ0) is 23.6. The third kappa shape index (κ3) is 4.72. The van der Waals surface area contributed by atoms with Crippen LogP contribution in [0.4, 0.5) is 17.5 Å². The predicted molar refractivity (Wildman–Crippen MR) is 138 cm³/mol. The van der Waals surface area contributed by atoms with Crippen LogP contribution in [-0.4, -0.2) is 72.0 Å². The van der Waals surface area contributed by atoms with E-state index in [1.165, 1.54) is 19.3 Å². The molecule has 1 aromatic carbocycles. The minimum Gasteiger partial charge on any atom is -0.469 e. The van der Waals surface area contributed by atoms with Crippen molar-refractivity contribution < 1.29 is 9.84 Å². The Labute approximate surface area is 206 Å². The second-order valence-electron chi connectivity index (χ2n) is 10.0. The van der Waals surface area contributed by atoms with E-state index in [0.29, 0.717) is 11.8 Å². The van der Waals surface area contributed by atoms with Gasteiger partial charge in [-0.1, -0.05) is 18.2 Å². The van der Waals surface area contributed by atoms with Gasteiger partial charge in [-0.25, -0.2) is 9.97 Å². The highest BCUT2D eigenvalue weighted by molar-refractivity contribution is 5.80. The van der Waals surface area contributed by atoms with Crippen LogP contribution in [0.1, 0.15) is 32.1 Å². The molecule has 0 atom stereocenters. The molecule has 3 aliphatic heterocycles. The number of aliphatic hydroxyl groups is 1. The lowest BCUT2D eigenvalue weighted by Crippen LogP contribution is -2.54. The van der Waals surface area contributed by atoms with Crippen molar-refractivity contribution in [1.82, 2.24) is 15.0 Å². The van der Waals surface area contributed by atoms with Crippen LogP contribution >= 0.6 is 0 Å². The molecule has 0 radical (unpaired) electrons. The summed E-state index contributed by atoms with van der Waals surface area (Å²) in [4.78, 5) is 21.4. The molecule has 184 valence electrons. The summed E-state index contributed by atoms with van der Waals surface area (Å²) in [5.74, 6) is 2.83. The van der Waals surface area contributed by atoms with Crippen molar-refractivity contribution in [3.63, 3.8) is 0 Å². The van der Waals surface area contributed by atoms with Gasteiger partial charge >= 0.3 is 0 Å². The van der Waals surface area contributed by atoms with Crippen molar-refractivity contribution >= 4 is 28.4 Å². The van der Waals surface area contributed by atoms with E-state index in [9.17, 15) is 5.11 Å². The molecule has 8 heteroatoms. The highest BCUT2D eigenvalue weighted by Gasteiger charge is 2.32. The monoisotopic (exact) mass is 474 g/mol. The van der Waals surface area contributed by atoms with E-state index in [-0.39, 0.29) is 12.7 Å². The maximum Gasteiger partial charge on any atom is 0.242 e. The Morgan fingerprint density at radius 1 is 0.857 bits per heavy atom. The number of anilines is 3. The Morgan fingerprint density at radius 3 is 2.46 bits per heavy atom. The predicted octanol–water partition coefficient (Wildman–Crippen LogP) is 3.49. The van der Waals surface area contributed by atoms with E-state index in [1.54, 1.807) is 0 Å². The van der Waals surface area contributed by atoms with Gasteiger partial charge in [0.1, 0.15) is 17.6 Å². The number of fused-ring (bicyclic) bond motifs is 1. The quantitative estimate of drug-likeness (QED) is 0.582. The summed E-state index contributed by atoms with van der Waals surface area (Å²) in [5.41, 5.74) is 2.04. The van der Waals surface area contributed by atoms with Crippen LogP contribution in [0.25, 0.3) is 10.9 Å². The number of ether oxygens (including phenoxy) is 1. The Bertz CT molecular complexity index is 1150.